The van der Waals surface area contributed by atoms with E-state index in [9.17, 15) is 4.79 Å². The van der Waals surface area contributed by atoms with E-state index in [-0.39, 0.29) is 6.03 Å². The van der Waals surface area contributed by atoms with Gasteiger partial charge in [-0.2, -0.15) is 0 Å². The first-order chi connectivity index (χ1) is 10.2. The Balaban J connectivity index is 1.58. The van der Waals surface area contributed by atoms with Crippen LogP contribution in [0.3, 0.4) is 0 Å². The first-order valence-electron chi connectivity index (χ1n) is 9.01. The number of hydrogen-bond donors (Lipinski definition) is 2. The summed E-state index contributed by atoms with van der Waals surface area (Å²) >= 11 is 0. The van der Waals surface area contributed by atoms with Crippen molar-refractivity contribution in [3.63, 3.8) is 0 Å². The van der Waals surface area contributed by atoms with E-state index < -0.39 is 0 Å². The lowest BCUT2D eigenvalue weighted by molar-refractivity contribution is 0.183. The Labute approximate surface area is 130 Å². The number of carbonyl (C=O) groups excluding carboxylic acids is 1. The van der Waals surface area contributed by atoms with Crippen LogP contribution in [0, 0.1) is 5.92 Å². The van der Waals surface area contributed by atoms with Crippen molar-refractivity contribution >= 4 is 6.03 Å². The van der Waals surface area contributed by atoms with Crippen LogP contribution in [-0.4, -0.2) is 43.2 Å². The van der Waals surface area contributed by atoms with Gasteiger partial charge in [-0.3, -0.25) is 0 Å². The van der Waals surface area contributed by atoms with Gasteiger partial charge in [-0.05, 0) is 38.1 Å². The molecule has 0 aromatic rings. The largest absolute Gasteiger partial charge is 0.337 e. The van der Waals surface area contributed by atoms with Crippen LogP contribution in [-0.2, 0) is 0 Å². The van der Waals surface area contributed by atoms with Crippen molar-refractivity contribution < 1.29 is 4.79 Å². The highest BCUT2D eigenvalue weighted by molar-refractivity contribution is 5.74. The van der Waals surface area contributed by atoms with Gasteiger partial charge in [0, 0.05) is 25.7 Å². The zero-order chi connectivity index (χ0) is 14.9. The standard InChI is InChI=1S/C17H33N3O/c1-15-8-7-12-20(14-15)13-11-18-17(21)19-16-9-5-3-2-4-6-10-16/h15-16H,2-14H2,1H3,(H2,18,19,21). The van der Waals surface area contributed by atoms with Gasteiger partial charge >= 0.3 is 6.03 Å². The number of rotatable bonds is 4. The third-order valence-electron chi connectivity index (χ3n) is 4.90. The van der Waals surface area contributed by atoms with Crippen LogP contribution in [0.25, 0.3) is 0 Å². The summed E-state index contributed by atoms with van der Waals surface area (Å²) in [7, 11) is 0. The number of nitrogens with one attached hydrogen (secondary N) is 2. The van der Waals surface area contributed by atoms with E-state index in [1.165, 1.54) is 58.0 Å². The maximum Gasteiger partial charge on any atom is 0.315 e. The topological polar surface area (TPSA) is 44.4 Å². The van der Waals surface area contributed by atoms with E-state index in [2.05, 4.69) is 22.5 Å². The van der Waals surface area contributed by atoms with Crippen molar-refractivity contribution in [2.24, 2.45) is 5.92 Å². The molecule has 2 rings (SSSR count). The molecule has 122 valence electrons. The lowest BCUT2D eigenvalue weighted by Crippen LogP contribution is -2.45. The van der Waals surface area contributed by atoms with E-state index >= 15 is 0 Å². The van der Waals surface area contributed by atoms with Gasteiger partial charge in [-0.25, -0.2) is 4.79 Å². The van der Waals surface area contributed by atoms with Crippen molar-refractivity contribution in [1.29, 1.82) is 0 Å². The number of amides is 2. The molecule has 1 heterocycles. The molecule has 2 N–H and O–H groups in total. The minimum atomic E-state index is 0.0330. The molecule has 1 saturated carbocycles. The summed E-state index contributed by atoms with van der Waals surface area (Å²) in [6.07, 6.45) is 11.5. The van der Waals surface area contributed by atoms with Gasteiger partial charge < -0.3 is 15.5 Å². The highest BCUT2D eigenvalue weighted by Crippen LogP contribution is 2.17. The van der Waals surface area contributed by atoms with Gasteiger partial charge in [0.25, 0.3) is 0 Å². The Morgan fingerprint density at radius 3 is 2.48 bits per heavy atom. The van der Waals surface area contributed by atoms with E-state index in [1.807, 2.05) is 0 Å². The van der Waals surface area contributed by atoms with Crippen LogP contribution in [0.4, 0.5) is 4.79 Å². The summed E-state index contributed by atoms with van der Waals surface area (Å²) in [6.45, 7) is 6.46. The molecule has 21 heavy (non-hydrogen) atoms. The van der Waals surface area contributed by atoms with Crippen LogP contribution in [0.2, 0.25) is 0 Å². The van der Waals surface area contributed by atoms with E-state index in [0.29, 0.717) is 6.04 Å². The lowest BCUT2D eigenvalue weighted by atomic mass is 9.97. The third-order valence-corrected chi connectivity index (χ3v) is 4.90. The van der Waals surface area contributed by atoms with Gasteiger partial charge in [0.1, 0.15) is 0 Å². The average Bonchev–Trinajstić information content (AvgIpc) is 2.42. The second kappa shape index (κ2) is 9.29. The van der Waals surface area contributed by atoms with Gasteiger partial charge in [0.15, 0.2) is 0 Å². The molecule has 4 heteroatoms. The molecule has 0 bridgehead atoms. The minimum absolute atomic E-state index is 0.0330. The summed E-state index contributed by atoms with van der Waals surface area (Å²) in [6, 6.07) is 0.422. The van der Waals surface area contributed by atoms with Gasteiger partial charge in [0.05, 0.1) is 0 Å². The lowest BCUT2D eigenvalue weighted by Gasteiger charge is -2.30. The third kappa shape index (κ3) is 6.68. The number of nitrogens with zero attached hydrogens (tertiary/aromatic N) is 1. The summed E-state index contributed by atoms with van der Waals surface area (Å²) in [5.41, 5.74) is 0. The molecule has 1 atom stereocenters. The van der Waals surface area contributed by atoms with Crippen molar-refractivity contribution in [2.45, 2.75) is 70.8 Å². The quantitative estimate of drug-likeness (QED) is 0.837. The fourth-order valence-corrected chi connectivity index (χ4v) is 3.65. The summed E-state index contributed by atoms with van der Waals surface area (Å²) < 4.78 is 0. The zero-order valence-electron chi connectivity index (χ0n) is 13.7. The molecule has 0 aromatic carbocycles. The Bertz CT molecular complexity index is 300. The summed E-state index contributed by atoms with van der Waals surface area (Å²) in [5, 5.41) is 6.20. The van der Waals surface area contributed by atoms with E-state index in [4.69, 9.17) is 0 Å². The predicted octanol–water partition coefficient (Wildman–Crippen LogP) is 3.13. The number of carbonyl (C=O) groups is 1. The molecular weight excluding hydrogens is 262 g/mol. The fraction of sp³-hybridized carbons (Fsp3) is 0.941. The number of hydrogen-bond acceptors (Lipinski definition) is 2. The molecule has 0 aromatic heterocycles. The summed E-state index contributed by atoms with van der Waals surface area (Å²) in [4.78, 5) is 14.5. The van der Waals surface area contributed by atoms with Crippen LogP contribution in [0.15, 0.2) is 0 Å². The second-order valence-electron chi connectivity index (χ2n) is 6.99. The highest BCUT2D eigenvalue weighted by Gasteiger charge is 2.16. The molecule has 1 unspecified atom stereocenters. The second-order valence-corrected chi connectivity index (χ2v) is 6.99. The molecule has 2 aliphatic rings. The first-order valence-corrected chi connectivity index (χ1v) is 9.01. The Hall–Kier alpha value is -0.770. The fourth-order valence-electron chi connectivity index (χ4n) is 3.65. The smallest absolute Gasteiger partial charge is 0.315 e. The molecule has 0 spiro atoms. The first kappa shape index (κ1) is 16.6. The Morgan fingerprint density at radius 1 is 1.05 bits per heavy atom. The van der Waals surface area contributed by atoms with Crippen LogP contribution in [0.1, 0.15) is 64.7 Å². The number of piperidine rings is 1. The monoisotopic (exact) mass is 295 g/mol. The van der Waals surface area contributed by atoms with Crippen LogP contribution < -0.4 is 10.6 Å². The SMILES string of the molecule is CC1CCCN(CCNC(=O)NC2CCCCCCC2)C1. The van der Waals surface area contributed by atoms with Crippen LogP contribution in [0.5, 0.6) is 0 Å². The molecular formula is C17H33N3O. The molecule has 2 fully saturated rings. The van der Waals surface area contributed by atoms with Crippen LogP contribution >= 0.6 is 0 Å². The predicted molar refractivity (Wildman–Crippen MR) is 87.5 cm³/mol. The van der Waals surface area contributed by atoms with Crippen molar-refractivity contribution in [3.05, 3.63) is 0 Å². The summed E-state index contributed by atoms with van der Waals surface area (Å²) in [5.74, 6) is 0.808. The maximum absolute atomic E-state index is 12.0. The van der Waals surface area contributed by atoms with Crippen molar-refractivity contribution in [1.82, 2.24) is 15.5 Å². The molecule has 0 radical (unpaired) electrons. The highest BCUT2D eigenvalue weighted by atomic mass is 16.2. The number of urea groups is 1. The molecule has 1 aliphatic heterocycles. The molecule has 2 amide bonds. The minimum Gasteiger partial charge on any atom is -0.337 e. The zero-order valence-corrected chi connectivity index (χ0v) is 13.7. The van der Waals surface area contributed by atoms with Gasteiger partial charge in [0.2, 0.25) is 0 Å². The van der Waals surface area contributed by atoms with E-state index in [1.54, 1.807) is 0 Å². The van der Waals surface area contributed by atoms with Gasteiger partial charge in [-0.1, -0.05) is 39.0 Å². The molecule has 1 aliphatic carbocycles. The number of likely N-dealkylation sites (tertiary alicyclic amines) is 1. The normalized spacial score (nSPS) is 25.9. The van der Waals surface area contributed by atoms with Crippen molar-refractivity contribution in [3.8, 4) is 0 Å². The van der Waals surface area contributed by atoms with Gasteiger partial charge in [-0.15, -0.1) is 0 Å². The van der Waals surface area contributed by atoms with E-state index in [0.717, 1.165) is 31.8 Å². The molecule has 4 nitrogen and oxygen atoms in total. The maximum atomic E-state index is 12.0. The van der Waals surface area contributed by atoms with Crippen molar-refractivity contribution in [2.75, 3.05) is 26.2 Å². The Morgan fingerprint density at radius 2 is 1.76 bits per heavy atom. The average molecular weight is 295 g/mol. The molecule has 1 saturated heterocycles. The Kier molecular flexibility index (Phi) is 7.34.